The van der Waals surface area contributed by atoms with Gasteiger partial charge in [-0.3, -0.25) is 9.69 Å². The molecule has 1 amide bonds. The molecule has 3 heterocycles. The summed E-state index contributed by atoms with van der Waals surface area (Å²) in [6, 6.07) is 0.539. The monoisotopic (exact) mass is 324 g/mol. The fourth-order valence-corrected chi connectivity index (χ4v) is 3.87. The second kappa shape index (κ2) is 6.97. The molecule has 8 heteroatoms. The predicted octanol–water partition coefficient (Wildman–Crippen LogP) is -0.244. The van der Waals surface area contributed by atoms with Gasteiger partial charge in [-0.05, 0) is 13.5 Å². The van der Waals surface area contributed by atoms with Crippen molar-refractivity contribution in [2.75, 3.05) is 52.1 Å². The number of thioether (sulfide) groups is 1. The van der Waals surface area contributed by atoms with E-state index in [0.717, 1.165) is 50.8 Å². The van der Waals surface area contributed by atoms with Crippen molar-refractivity contribution in [2.24, 2.45) is 7.05 Å². The summed E-state index contributed by atoms with van der Waals surface area (Å²) in [6.45, 7) is 6.27. The van der Waals surface area contributed by atoms with Crippen LogP contribution in [-0.2, 0) is 11.8 Å². The molecule has 0 N–H and O–H groups in total. The van der Waals surface area contributed by atoms with E-state index in [1.807, 2.05) is 16.5 Å². The van der Waals surface area contributed by atoms with Crippen LogP contribution >= 0.6 is 11.8 Å². The Kier molecular flexibility index (Phi) is 5.00. The van der Waals surface area contributed by atoms with Crippen LogP contribution < -0.4 is 0 Å². The lowest BCUT2D eigenvalue weighted by Crippen LogP contribution is -2.50. The van der Waals surface area contributed by atoms with E-state index < -0.39 is 0 Å². The van der Waals surface area contributed by atoms with Crippen molar-refractivity contribution in [3.05, 3.63) is 6.33 Å². The number of aromatic nitrogens is 3. The number of rotatable bonds is 4. The first-order valence-electron chi connectivity index (χ1n) is 7.80. The Morgan fingerprint density at radius 1 is 1.27 bits per heavy atom. The van der Waals surface area contributed by atoms with E-state index >= 15 is 0 Å². The summed E-state index contributed by atoms with van der Waals surface area (Å²) in [6.07, 6.45) is 2.76. The van der Waals surface area contributed by atoms with Crippen LogP contribution in [0, 0.1) is 0 Å². The highest BCUT2D eigenvalue weighted by molar-refractivity contribution is 7.99. The molecule has 0 spiro atoms. The zero-order chi connectivity index (χ0) is 15.5. The highest BCUT2D eigenvalue weighted by atomic mass is 32.2. The molecule has 3 rings (SSSR count). The minimum absolute atomic E-state index is 0.213. The lowest BCUT2D eigenvalue weighted by molar-refractivity contribution is -0.127. The maximum absolute atomic E-state index is 12.4. The summed E-state index contributed by atoms with van der Waals surface area (Å²) < 4.78 is 1.84. The van der Waals surface area contributed by atoms with Gasteiger partial charge in [0.15, 0.2) is 5.16 Å². The quantitative estimate of drug-likeness (QED) is 0.712. The second-order valence-electron chi connectivity index (χ2n) is 6.13. The van der Waals surface area contributed by atoms with E-state index in [0.29, 0.717) is 11.8 Å². The van der Waals surface area contributed by atoms with Gasteiger partial charge in [-0.15, -0.1) is 10.2 Å². The Morgan fingerprint density at radius 2 is 2.05 bits per heavy atom. The molecule has 2 aliphatic heterocycles. The Bertz CT molecular complexity index is 513. The van der Waals surface area contributed by atoms with Crippen molar-refractivity contribution in [1.29, 1.82) is 0 Å². The van der Waals surface area contributed by atoms with Crippen LogP contribution in [-0.4, -0.2) is 93.5 Å². The zero-order valence-corrected chi connectivity index (χ0v) is 14.1. The van der Waals surface area contributed by atoms with Crippen molar-refractivity contribution in [3.63, 3.8) is 0 Å². The van der Waals surface area contributed by atoms with Gasteiger partial charge in [-0.25, -0.2) is 0 Å². The number of amides is 1. The molecule has 122 valence electrons. The number of aryl methyl sites for hydroxylation is 1. The number of carbonyl (C=O) groups excluding carboxylic acids is 1. The molecule has 2 saturated heterocycles. The molecule has 0 saturated carbocycles. The third-order valence-electron chi connectivity index (χ3n) is 4.56. The summed E-state index contributed by atoms with van der Waals surface area (Å²) in [4.78, 5) is 19.3. The number of carbonyl (C=O) groups is 1. The van der Waals surface area contributed by atoms with E-state index in [1.165, 1.54) is 11.8 Å². The van der Waals surface area contributed by atoms with Crippen LogP contribution in [0.2, 0.25) is 0 Å². The van der Waals surface area contributed by atoms with Gasteiger partial charge in [-0.2, -0.15) is 0 Å². The van der Waals surface area contributed by atoms with E-state index in [1.54, 1.807) is 6.33 Å². The lowest BCUT2D eigenvalue weighted by atomic mass is 10.2. The smallest absolute Gasteiger partial charge is 0.233 e. The first-order valence-corrected chi connectivity index (χ1v) is 8.79. The molecule has 1 aromatic heterocycles. The third kappa shape index (κ3) is 3.61. The Labute approximate surface area is 135 Å². The van der Waals surface area contributed by atoms with E-state index in [2.05, 4.69) is 27.0 Å². The van der Waals surface area contributed by atoms with Crippen LogP contribution in [0.25, 0.3) is 0 Å². The second-order valence-corrected chi connectivity index (χ2v) is 7.08. The van der Waals surface area contributed by atoms with E-state index in [9.17, 15) is 4.79 Å². The van der Waals surface area contributed by atoms with Gasteiger partial charge in [0.25, 0.3) is 0 Å². The van der Waals surface area contributed by atoms with Gasteiger partial charge >= 0.3 is 0 Å². The number of piperazine rings is 1. The van der Waals surface area contributed by atoms with Crippen LogP contribution in [0.4, 0.5) is 0 Å². The number of likely N-dealkylation sites (N-methyl/N-ethyl adjacent to an activating group) is 1. The van der Waals surface area contributed by atoms with Gasteiger partial charge in [0.1, 0.15) is 6.33 Å². The standard InChI is InChI=1S/C14H24N6OS/c1-17-5-7-19(8-6-17)12-3-4-20(9-12)13(21)10-22-14-16-15-11-18(14)2/h11-12H,3-10H2,1-2H3. The average Bonchev–Trinajstić information content (AvgIpc) is 3.15. The summed E-state index contributed by atoms with van der Waals surface area (Å²) in [5, 5.41) is 8.63. The number of likely N-dealkylation sites (tertiary alicyclic amines) is 1. The summed E-state index contributed by atoms with van der Waals surface area (Å²) in [5.41, 5.74) is 0. The fraction of sp³-hybridized carbons (Fsp3) is 0.786. The fourth-order valence-electron chi connectivity index (χ4n) is 3.07. The Balaban J connectivity index is 1.45. The molecule has 0 radical (unpaired) electrons. The molecule has 0 bridgehead atoms. The van der Waals surface area contributed by atoms with E-state index in [4.69, 9.17) is 0 Å². The molecule has 7 nitrogen and oxygen atoms in total. The van der Waals surface area contributed by atoms with Crippen LogP contribution in [0.3, 0.4) is 0 Å². The molecule has 1 atom stereocenters. The van der Waals surface area contributed by atoms with Gasteiger partial charge in [0, 0.05) is 52.4 Å². The molecular weight excluding hydrogens is 300 g/mol. The topological polar surface area (TPSA) is 57.5 Å². The maximum Gasteiger partial charge on any atom is 0.233 e. The first kappa shape index (κ1) is 15.8. The molecule has 0 aliphatic carbocycles. The molecule has 2 aliphatic rings. The Morgan fingerprint density at radius 3 is 2.73 bits per heavy atom. The van der Waals surface area contributed by atoms with Crippen molar-refractivity contribution in [1.82, 2.24) is 29.5 Å². The molecule has 22 heavy (non-hydrogen) atoms. The normalized spacial score (nSPS) is 24.1. The molecular formula is C14H24N6OS. The van der Waals surface area contributed by atoms with Gasteiger partial charge in [0.05, 0.1) is 5.75 Å². The zero-order valence-electron chi connectivity index (χ0n) is 13.3. The average molecular weight is 324 g/mol. The summed E-state index contributed by atoms with van der Waals surface area (Å²) in [7, 11) is 4.07. The molecule has 0 aromatic carbocycles. The first-order chi connectivity index (χ1) is 10.6. The molecule has 1 aromatic rings. The van der Waals surface area contributed by atoms with Gasteiger partial charge in [-0.1, -0.05) is 11.8 Å². The highest BCUT2D eigenvalue weighted by Crippen LogP contribution is 2.20. The minimum Gasteiger partial charge on any atom is -0.340 e. The van der Waals surface area contributed by atoms with Crippen molar-refractivity contribution in [3.8, 4) is 0 Å². The van der Waals surface area contributed by atoms with E-state index in [-0.39, 0.29) is 5.91 Å². The lowest BCUT2D eigenvalue weighted by Gasteiger charge is -2.36. The third-order valence-corrected chi connectivity index (χ3v) is 5.58. The summed E-state index contributed by atoms with van der Waals surface area (Å²) >= 11 is 1.46. The largest absolute Gasteiger partial charge is 0.340 e. The van der Waals surface area contributed by atoms with Crippen molar-refractivity contribution >= 4 is 17.7 Å². The predicted molar refractivity (Wildman–Crippen MR) is 85.8 cm³/mol. The number of nitrogens with zero attached hydrogens (tertiary/aromatic N) is 6. The number of hydrogen-bond donors (Lipinski definition) is 0. The maximum atomic E-state index is 12.4. The highest BCUT2D eigenvalue weighted by Gasteiger charge is 2.31. The Hall–Kier alpha value is -1.12. The van der Waals surface area contributed by atoms with Gasteiger partial charge < -0.3 is 14.4 Å². The minimum atomic E-state index is 0.213. The molecule has 1 unspecified atom stereocenters. The van der Waals surface area contributed by atoms with Crippen LogP contribution in [0.15, 0.2) is 11.5 Å². The van der Waals surface area contributed by atoms with Crippen molar-refractivity contribution in [2.45, 2.75) is 17.6 Å². The molecule has 2 fully saturated rings. The van der Waals surface area contributed by atoms with Crippen molar-refractivity contribution < 1.29 is 4.79 Å². The van der Waals surface area contributed by atoms with Crippen LogP contribution in [0.1, 0.15) is 6.42 Å². The van der Waals surface area contributed by atoms with Gasteiger partial charge in [0.2, 0.25) is 5.91 Å². The van der Waals surface area contributed by atoms with Crippen LogP contribution in [0.5, 0.6) is 0 Å². The summed E-state index contributed by atoms with van der Waals surface area (Å²) in [5.74, 6) is 0.659. The number of hydrogen-bond acceptors (Lipinski definition) is 6. The SMILES string of the molecule is CN1CCN(C2CCN(C(=O)CSc3nncn3C)C2)CC1.